The van der Waals surface area contributed by atoms with Crippen molar-refractivity contribution in [3.05, 3.63) is 23.7 Å². The first kappa shape index (κ1) is 10.7. The average Bonchev–Trinajstić information content (AvgIpc) is 2.70. The summed E-state index contributed by atoms with van der Waals surface area (Å²) < 4.78 is 7.15. The normalized spacial score (nSPS) is 12.4. The Morgan fingerprint density at radius 2 is 2.38 bits per heavy atom. The zero-order valence-electron chi connectivity index (χ0n) is 8.49. The molecule has 0 saturated carbocycles. The fraction of sp³-hybridized carbons (Fsp3) is 0.375. The second-order valence-corrected chi connectivity index (χ2v) is 3.56. The van der Waals surface area contributed by atoms with Crippen LogP contribution in [-0.2, 0) is 6.54 Å². The zero-order chi connectivity index (χ0) is 11.4. The van der Waals surface area contributed by atoms with Crippen molar-refractivity contribution in [1.29, 1.82) is 0 Å². The minimum atomic E-state index is -0.0937. The lowest BCUT2D eigenvalue weighted by atomic mass is 10.4. The molecule has 2 aromatic heterocycles. The van der Waals surface area contributed by atoms with Crippen molar-refractivity contribution < 1.29 is 4.74 Å². The van der Waals surface area contributed by atoms with E-state index in [1.807, 2.05) is 6.92 Å². The highest BCUT2D eigenvalue weighted by Crippen LogP contribution is 2.14. The SMILES string of the molecule is C[C@@H](Cn1cnnn1)Oc1cnnc(Cl)c1. The number of tetrazole rings is 1. The summed E-state index contributed by atoms with van der Waals surface area (Å²) in [6, 6.07) is 1.60. The van der Waals surface area contributed by atoms with Gasteiger partial charge in [-0.05, 0) is 17.4 Å². The van der Waals surface area contributed by atoms with Gasteiger partial charge in [-0.3, -0.25) is 0 Å². The summed E-state index contributed by atoms with van der Waals surface area (Å²) in [5.74, 6) is 0.570. The standard InChI is InChI=1S/C8H9ClN6O/c1-6(4-15-5-11-13-14-15)16-7-2-8(9)12-10-3-7/h2-3,5-6H,4H2,1H3/t6-/m0/s1. The van der Waals surface area contributed by atoms with Gasteiger partial charge in [0.05, 0.1) is 12.7 Å². The molecule has 0 saturated heterocycles. The smallest absolute Gasteiger partial charge is 0.155 e. The van der Waals surface area contributed by atoms with Gasteiger partial charge in [0.15, 0.2) is 5.15 Å². The van der Waals surface area contributed by atoms with Crippen molar-refractivity contribution in [2.75, 3.05) is 0 Å². The minimum absolute atomic E-state index is 0.0937. The Morgan fingerprint density at radius 1 is 1.50 bits per heavy atom. The molecule has 0 spiro atoms. The summed E-state index contributed by atoms with van der Waals surface area (Å²) in [6.07, 6.45) is 2.93. The maximum atomic E-state index is 5.68. The third-order valence-electron chi connectivity index (χ3n) is 1.77. The van der Waals surface area contributed by atoms with Gasteiger partial charge in [-0.25, -0.2) is 4.68 Å². The lowest BCUT2D eigenvalue weighted by molar-refractivity contribution is 0.192. The highest BCUT2D eigenvalue weighted by Gasteiger charge is 2.07. The molecule has 0 aromatic carbocycles. The summed E-state index contributed by atoms with van der Waals surface area (Å²) >= 11 is 5.68. The fourth-order valence-electron chi connectivity index (χ4n) is 1.19. The fourth-order valence-corrected chi connectivity index (χ4v) is 1.34. The molecule has 0 radical (unpaired) electrons. The van der Waals surface area contributed by atoms with Crippen LogP contribution >= 0.6 is 11.6 Å². The highest BCUT2D eigenvalue weighted by atomic mass is 35.5. The molecule has 0 bridgehead atoms. The molecule has 0 aliphatic rings. The Kier molecular flexibility index (Phi) is 3.25. The van der Waals surface area contributed by atoms with Gasteiger partial charge >= 0.3 is 0 Å². The number of hydrogen-bond donors (Lipinski definition) is 0. The van der Waals surface area contributed by atoms with E-state index in [0.717, 1.165) is 0 Å². The largest absolute Gasteiger partial charge is 0.487 e. The predicted octanol–water partition coefficient (Wildman–Crippen LogP) is 0.584. The van der Waals surface area contributed by atoms with Crippen LogP contribution in [0.5, 0.6) is 5.75 Å². The summed E-state index contributed by atoms with van der Waals surface area (Å²) in [4.78, 5) is 0. The van der Waals surface area contributed by atoms with Crippen LogP contribution in [0.15, 0.2) is 18.6 Å². The van der Waals surface area contributed by atoms with Crippen molar-refractivity contribution in [3.63, 3.8) is 0 Å². The van der Waals surface area contributed by atoms with Gasteiger partial charge in [0.25, 0.3) is 0 Å². The summed E-state index contributed by atoms with van der Waals surface area (Å²) in [7, 11) is 0. The molecule has 0 unspecified atom stereocenters. The van der Waals surface area contributed by atoms with Crippen molar-refractivity contribution in [2.24, 2.45) is 0 Å². The van der Waals surface area contributed by atoms with Crippen LogP contribution in [0.3, 0.4) is 0 Å². The van der Waals surface area contributed by atoms with E-state index in [9.17, 15) is 0 Å². The first-order valence-electron chi connectivity index (χ1n) is 4.59. The number of ether oxygens (including phenoxy) is 1. The number of hydrogen-bond acceptors (Lipinski definition) is 6. The summed E-state index contributed by atoms with van der Waals surface area (Å²) in [5, 5.41) is 18.4. The Balaban J connectivity index is 1.94. The molecule has 2 aromatic rings. The van der Waals surface area contributed by atoms with Crippen molar-refractivity contribution in [3.8, 4) is 5.75 Å². The molecule has 2 rings (SSSR count). The maximum absolute atomic E-state index is 5.68. The lowest BCUT2D eigenvalue weighted by Gasteiger charge is -2.13. The van der Waals surface area contributed by atoms with E-state index >= 15 is 0 Å². The summed E-state index contributed by atoms with van der Waals surface area (Å²) in [5.41, 5.74) is 0. The molecule has 0 aliphatic heterocycles. The van der Waals surface area contributed by atoms with Gasteiger partial charge in [0, 0.05) is 6.07 Å². The zero-order valence-corrected chi connectivity index (χ0v) is 9.24. The molecule has 0 amide bonds. The van der Waals surface area contributed by atoms with E-state index in [2.05, 4.69) is 25.7 Å². The molecule has 0 fully saturated rings. The molecule has 16 heavy (non-hydrogen) atoms. The van der Waals surface area contributed by atoms with Crippen molar-refractivity contribution in [2.45, 2.75) is 19.6 Å². The quantitative estimate of drug-likeness (QED) is 0.778. The number of nitrogens with zero attached hydrogens (tertiary/aromatic N) is 6. The van der Waals surface area contributed by atoms with E-state index in [1.54, 1.807) is 10.7 Å². The molecule has 8 heteroatoms. The van der Waals surface area contributed by atoms with Crippen LogP contribution in [0.4, 0.5) is 0 Å². The first-order chi connectivity index (χ1) is 7.74. The number of aromatic nitrogens is 6. The molecule has 2 heterocycles. The molecule has 1 atom stereocenters. The molecule has 0 aliphatic carbocycles. The maximum Gasteiger partial charge on any atom is 0.155 e. The van der Waals surface area contributed by atoms with Gasteiger partial charge in [-0.1, -0.05) is 11.6 Å². The third kappa shape index (κ3) is 2.86. The Labute approximate surface area is 96.4 Å². The van der Waals surface area contributed by atoms with E-state index in [0.29, 0.717) is 17.4 Å². The van der Waals surface area contributed by atoms with Gasteiger partial charge in [0.2, 0.25) is 0 Å². The van der Waals surface area contributed by atoms with Gasteiger partial charge in [-0.15, -0.1) is 10.2 Å². The Morgan fingerprint density at radius 3 is 3.06 bits per heavy atom. The number of halogens is 1. The summed E-state index contributed by atoms with van der Waals surface area (Å²) in [6.45, 7) is 2.45. The first-order valence-corrected chi connectivity index (χ1v) is 4.97. The molecule has 84 valence electrons. The van der Waals surface area contributed by atoms with E-state index in [-0.39, 0.29) is 6.10 Å². The van der Waals surface area contributed by atoms with Crippen LogP contribution in [0.2, 0.25) is 5.15 Å². The Hall–Kier alpha value is -1.76. The minimum Gasteiger partial charge on any atom is -0.487 e. The van der Waals surface area contributed by atoms with Crippen molar-refractivity contribution in [1.82, 2.24) is 30.4 Å². The van der Waals surface area contributed by atoms with Gasteiger partial charge in [-0.2, -0.15) is 5.10 Å². The second kappa shape index (κ2) is 4.84. The molecular weight excluding hydrogens is 232 g/mol. The van der Waals surface area contributed by atoms with Crippen LogP contribution in [0, 0.1) is 0 Å². The second-order valence-electron chi connectivity index (χ2n) is 3.17. The van der Waals surface area contributed by atoms with Crippen LogP contribution in [0.1, 0.15) is 6.92 Å². The van der Waals surface area contributed by atoms with Crippen molar-refractivity contribution >= 4 is 11.6 Å². The highest BCUT2D eigenvalue weighted by molar-refractivity contribution is 6.29. The molecule has 7 nitrogen and oxygen atoms in total. The van der Waals surface area contributed by atoms with Gasteiger partial charge < -0.3 is 4.74 Å². The monoisotopic (exact) mass is 240 g/mol. The van der Waals surface area contributed by atoms with E-state index in [4.69, 9.17) is 16.3 Å². The van der Waals surface area contributed by atoms with E-state index in [1.165, 1.54) is 12.5 Å². The predicted molar refractivity (Wildman–Crippen MR) is 54.9 cm³/mol. The van der Waals surface area contributed by atoms with Crippen LogP contribution in [-0.4, -0.2) is 36.5 Å². The van der Waals surface area contributed by atoms with Crippen LogP contribution < -0.4 is 4.74 Å². The van der Waals surface area contributed by atoms with E-state index < -0.39 is 0 Å². The topological polar surface area (TPSA) is 78.6 Å². The lowest BCUT2D eigenvalue weighted by Crippen LogP contribution is -2.20. The van der Waals surface area contributed by atoms with Crippen LogP contribution in [0.25, 0.3) is 0 Å². The average molecular weight is 241 g/mol. The molecule has 0 N–H and O–H groups in total. The Bertz CT molecular complexity index is 448. The third-order valence-corrected chi connectivity index (χ3v) is 1.96. The molecular formula is C8H9ClN6O. The van der Waals surface area contributed by atoms with Gasteiger partial charge in [0.1, 0.15) is 18.2 Å². The number of rotatable bonds is 4.